The van der Waals surface area contributed by atoms with Crippen LogP contribution in [0.1, 0.15) is 13.8 Å². The van der Waals surface area contributed by atoms with Crippen molar-refractivity contribution in [2.24, 2.45) is 5.14 Å². The first kappa shape index (κ1) is 18.7. The van der Waals surface area contributed by atoms with Gasteiger partial charge in [0.05, 0.1) is 16.6 Å². The van der Waals surface area contributed by atoms with Crippen LogP contribution in [0, 0.1) is 0 Å². The number of hydrogen-bond donors (Lipinski definition) is 1. The quantitative estimate of drug-likeness (QED) is 0.851. The highest BCUT2D eigenvalue weighted by Gasteiger charge is 2.31. The van der Waals surface area contributed by atoms with Crippen LogP contribution in [-0.4, -0.2) is 22.1 Å². The highest BCUT2D eigenvalue weighted by atomic mass is 35.5. The van der Waals surface area contributed by atoms with E-state index >= 15 is 0 Å². The average Bonchev–Trinajstić information content (AvgIpc) is 2.48. The van der Waals surface area contributed by atoms with Crippen LogP contribution in [0.4, 0.5) is 11.4 Å². The number of primary sulfonamides is 1. The van der Waals surface area contributed by atoms with Crippen molar-refractivity contribution in [3.63, 3.8) is 0 Å². The molecule has 0 fully saturated rings. The van der Waals surface area contributed by atoms with Crippen LogP contribution in [0.5, 0.6) is 0 Å². The van der Waals surface area contributed by atoms with Crippen LogP contribution >= 0.6 is 11.6 Å². The minimum atomic E-state index is -4.11. The van der Waals surface area contributed by atoms with E-state index in [1.807, 2.05) is 0 Å². The van der Waals surface area contributed by atoms with Crippen molar-refractivity contribution in [2.75, 3.05) is 4.31 Å². The van der Waals surface area contributed by atoms with Crippen molar-refractivity contribution in [2.45, 2.75) is 24.0 Å². The van der Waals surface area contributed by atoms with Gasteiger partial charge in [-0.2, -0.15) is 0 Å². The van der Waals surface area contributed by atoms with Gasteiger partial charge in [-0.05, 0) is 50.2 Å². The molecule has 0 saturated heterocycles. The monoisotopic (exact) mass is 388 g/mol. The lowest BCUT2D eigenvalue weighted by Crippen LogP contribution is -2.34. The molecule has 9 heteroatoms. The SMILES string of the molecule is CC(C)S(=O)(=O)N(c1ccc(Cl)cc1)c1ccccc1S(N)(=O)=O. The normalized spacial score (nSPS) is 12.4. The summed E-state index contributed by atoms with van der Waals surface area (Å²) < 4.78 is 50.4. The molecular formula is C15H17ClN2O4S2. The molecule has 2 rings (SSSR count). The molecule has 6 nitrogen and oxygen atoms in total. The largest absolute Gasteiger partial charge is 0.241 e. The van der Waals surface area contributed by atoms with Gasteiger partial charge < -0.3 is 0 Å². The fourth-order valence-corrected chi connectivity index (χ4v) is 4.25. The predicted molar refractivity (Wildman–Crippen MR) is 95.5 cm³/mol. The Hall–Kier alpha value is -1.61. The van der Waals surface area contributed by atoms with Crippen LogP contribution in [0.2, 0.25) is 5.02 Å². The van der Waals surface area contributed by atoms with Gasteiger partial charge in [-0.1, -0.05) is 23.7 Å². The van der Waals surface area contributed by atoms with Crippen LogP contribution < -0.4 is 9.44 Å². The minimum absolute atomic E-state index is 0.0315. The Balaban J connectivity index is 2.81. The molecule has 0 amide bonds. The molecule has 2 N–H and O–H groups in total. The maximum Gasteiger partial charge on any atom is 0.241 e. The van der Waals surface area contributed by atoms with Gasteiger partial charge in [-0.3, -0.25) is 0 Å². The Morgan fingerprint density at radius 2 is 1.50 bits per heavy atom. The highest BCUT2D eigenvalue weighted by molar-refractivity contribution is 7.94. The molecule has 0 radical (unpaired) electrons. The second-order valence-corrected chi connectivity index (χ2v) is 9.65. The maximum atomic E-state index is 12.9. The number of benzene rings is 2. The Morgan fingerprint density at radius 1 is 0.958 bits per heavy atom. The number of nitrogens with two attached hydrogens (primary N) is 1. The third kappa shape index (κ3) is 3.72. The Kier molecular flexibility index (Phi) is 5.24. The number of hydrogen-bond acceptors (Lipinski definition) is 4. The Bertz CT molecular complexity index is 940. The third-order valence-corrected chi connectivity index (χ3v) is 6.62. The van der Waals surface area contributed by atoms with Crippen molar-refractivity contribution in [1.29, 1.82) is 0 Å². The number of halogens is 1. The molecule has 0 bridgehead atoms. The van der Waals surface area contributed by atoms with E-state index in [1.54, 1.807) is 6.07 Å². The van der Waals surface area contributed by atoms with Crippen LogP contribution in [0.15, 0.2) is 53.4 Å². The zero-order valence-corrected chi connectivity index (χ0v) is 15.4. The van der Waals surface area contributed by atoms with Gasteiger partial charge in [0.2, 0.25) is 20.0 Å². The standard InChI is InChI=1S/C15H17ClN2O4S2/c1-11(2)24(21,22)18(13-9-7-12(16)8-10-13)14-5-3-4-6-15(14)23(17,19)20/h3-11H,1-2H3,(H2,17,19,20). The smallest absolute Gasteiger partial charge is 0.237 e. The van der Waals surface area contributed by atoms with Gasteiger partial charge >= 0.3 is 0 Å². The lowest BCUT2D eigenvalue weighted by Gasteiger charge is -2.28. The molecule has 0 saturated carbocycles. The number of nitrogens with zero attached hydrogens (tertiary/aromatic N) is 1. The molecule has 0 spiro atoms. The van der Waals surface area contributed by atoms with Crippen LogP contribution in [0.25, 0.3) is 0 Å². The summed E-state index contributed by atoms with van der Waals surface area (Å²) in [6.07, 6.45) is 0. The molecule has 24 heavy (non-hydrogen) atoms. The summed E-state index contributed by atoms with van der Waals surface area (Å²) in [6, 6.07) is 11.7. The van der Waals surface area contributed by atoms with E-state index in [-0.39, 0.29) is 16.3 Å². The lowest BCUT2D eigenvalue weighted by molar-refractivity contribution is 0.587. The zero-order chi connectivity index (χ0) is 18.1. The van der Waals surface area contributed by atoms with E-state index in [0.29, 0.717) is 5.02 Å². The molecule has 0 aliphatic heterocycles. The molecular weight excluding hydrogens is 372 g/mol. The number of sulfonamides is 2. The van der Waals surface area contributed by atoms with E-state index in [9.17, 15) is 16.8 Å². The highest BCUT2D eigenvalue weighted by Crippen LogP contribution is 2.35. The predicted octanol–water partition coefficient (Wildman–Crippen LogP) is 2.86. The van der Waals surface area contributed by atoms with Crippen LogP contribution in [-0.2, 0) is 20.0 Å². The van der Waals surface area contributed by atoms with Gasteiger partial charge in [0.25, 0.3) is 0 Å². The second-order valence-electron chi connectivity index (χ2n) is 5.35. The molecule has 0 aliphatic rings. The fraction of sp³-hybridized carbons (Fsp3) is 0.200. The summed E-state index contributed by atoms with van der Waals surface area (Å²) in [5.41, 5.74) is 0.236. The number of anilines is 2. The third-order valence-electron chi connectivity index (χ3n) is 3.30. The molecule has 130 valence electrons. The van der Waals surface area contributed by atoms with E-state index in [0.717, 1.165) is 4.31 Å². The Morgan fingerprint density at radius 3 is 2.00 bits per heavy atom. The summed E-state index contributed by atoms with van der Waals surface area (Å²) in [4.78, 5) is -0.274. The first-order chi connectivity index (χ1) is 11.0. The van der Waals surface area contributed by atoms with E-state index in [1.165, 1.54) is 56.3 Å². The van der Waals surface area contributed by atoms with Crippen molar-refractivity contribution in [1.82, 2.24) is 0 Å². The zero-order valence-electron chi connectivity index (χ0n) is 13.0. The molecule has 0 unspecified atom stereocenters. The van der Waals surface area contributed by atoms with Gasteiger partial charge in [0.1, 0.15) is 4.90 Å². The second kappa shape index (κ2) is 6.72. The molecule has 0 aromatic heterocycles. The van der Waals surface area contributed by atoms with Crippen molar-refractivity contribution in [3.8, 4) is 0 Å². The number of para-hydroxylation sites is 1. The summed E-state index contributed by atoms with van der Waals surface area (Å²) in [7, 11) is -7.98. The summed E-state index contributed by atoms with van der Waals surface area (Å²) in [5, 5.41) is 4.90. The first-order valence-corrected chi connectivity index (χ1v) is 10.4. The van der Waals surface area contributed by atoms with E-state index in [4.69, 9.17) is 16.7 Å². The minimum Gasteiger partial charge on any atom is -0.237 e. The average molecular weight is 389 g/mol. The van der Waals surface area contributed by atoms with E-state index < -0.39 is 25.3 Å². The van der Waals surface area contributed by atoms with Gasteiger partial charge in [-0.25, -0.2) is 26.3 Å². The van der Waals surface area contributed by atoms with Crippen LogP contribution in [0.3, 0.4) is 0 Å². The lowest BCUT2D eigenvalue weighted by atomic mass is 10.2. The summed E-state index contributed by atoms with van der Waals surface area (Å²) in [6.45, 7) is 3.02. The maximum absolute atomic E-state index is 12.9. The molecule has 2 aromatic carbocycles. The number of rotatable bonds is 5. The molecule has 0 aliphatic carbocycles. The van der Waals surface area contributed by atoms with Gasteiger partial charge in [0, 0.05) is 5.02 Å². The molecule has 0 atom stereocenters. The molecule has 0 heterocycles. The van der Waals surface area contributed by atoms with E-state index in [2.05, 4.69) is 0 Å². The molecule has 2 aromatic rings. The summed E-state index contributed by atoms with van der Waals surface area (Å²) in [5.74, 6) is 0. The van der Waals surface area contributed by atoms with Crippen molar-refractivity contribution in [3.05, 3.63) is 53.6 Å². The topological polar surface area (TPSA) is 97.5 Å². The van der Waals surface area contributed by atoms with Gasteiger partial charge in [0.15, 0.2) is 0 Å². The van der Waals surface area contributed by atoms with Crippen molar-refractivity contribution >= 4 is 43.0 Å². The van der Waals surface area contributed by atoms with Gasteiger partial charge in [-0.15, -0.1) is 0 Å². The fourth-order valence-electron chi connectivity index (χ4n) is 2.08. The summed E-state index contributed by atoms with van der Waals surface area (Å²) >= 11 is 5.86. The van der Waals surface area contributed by atoms with Crippen molar-refractivity contribution < 1.29 is 16.8 Å². The Labute approximate surface area is 147 Å². The first-order valence-electron chi connectivity index (χ1n) is 6.96.